The lowest BCUT2D eigenvalue weighted by Gasteiger charge is -1.90. The van der Waals surface area contributed by atoms with Crippen molar-refractivity contribution in [3.8, 4) is 0 Å². The predicted molar refractivity (Wildman–Crippen MR) is 45.5 cm³/mol. The summed E-state index contributed by atoms with van der Waals surface area (Å²) >= 11 is 1.68. The van der Waals surface area contributed by atoms with Gasteiger partial charge in [-0.3, -0.25) is 0 Å². The van der Waals surface area contributed by atoms with Gasteiger partial charge in [-0.25, -0.2) is 4.98 Å². The first-order chi connectivity index (χ1) is 5.29. The zero-order valence-corrected chi connectivity index (χ0v) is 7.35. The second-order valence-corrected chi connectivity index (χ2v) is 3.45. The van der Waals surface area contributed by atoms with Gasteiger partial charge in [0.25, 0.3) is 4.83 Å². The number of fused-ring (bicyclic) bond motifs is 1. The summed E-state index contributed by atoms with van der Waals surface area (Å²) in [6, 6.07) is 2.09. The van der Waals surface area contributed by atoms with E-state index in [0.29, 0.717) is 0 Å². The molecule has 0 amide bonds. The monoisotopic (exact) mass is 165 g/mol. The first kappa shape index (κ1) is 6.73. The van der Waals surface area contributed by atoms with Crippen molar-refractivity contribution in [3.63, 3.8) is 0 Å². The molecule has 0 aliphatic rings. The molecule has 2 aromatic rings. The lowest BCUT2D eigenvalue weighted by Crippen LogP contribution is -2.27. The average Bonchev–Trinajstić information content (AvgIpc) is 2.45. The Labute approximate surface area is 69.1 Å². The van der Waals surface area contributed by atoms with E-state index in [4.69, 9.17) is 0 Å². The summed E-state index contributed by atoms with van der Waals surface area (Å²) in [7, 11) is 2.04. The van der Waals surface area contributed by atoms with Crippen LogP contribution >= 0.6 is 11.3 Å². The maximum absolute atomic E-state index is 4.28. The first-order valence-electron chi connectivity index (χ1n) is 3.47. The first-order valence-corrected chi connectivity index (χ1v) is 4.35. The summed E-state index contributed by atoms with van der Waals surface area (Å²) in [5.74, 6) is 0. The van der Waals surface area contributed by atoms with E-state index in [1.807, 2.05) is 12.6 Å². The second kappa shape index (κ2) is 2.27. The van der Waals surface area contributed by atoms with Crippen LogP contribution in [0.25, 0.3) is 10.3 Å². The molecule has 0 spiro atoms. The van der Waals surface area contributed by atoms with Crippen molar-refractivity contribution in [2.45, 2.75) is 6.92 Å². The lowest BCUT2D eigenvalue weighted by atomic mass is 10.3. The van der Waals surface area contributed by atoms with E-state index < -0.39 is 0 Å². The average molecular weight is 165 g/mol. The Morgan fingerprint density at radius 1 is 1.55 bits per heavy atom. The zero-order chi connectivity index (χ0) is 7.84. The zero-order valence-electron chi connectivity index (χ0n) is 6.53. The molecule has 0 aliphatic carbocycles. The minimum Gasteiger partial charge on any atom is -0.238 e. The molecule has 3 heteroatoms. The van der Waals surface area contributed by atoms with Gasteiger partial charge in [0.05, 0.1) is 5.51 Å². The third-order valence-corrected chi connectivity index (χ3v) is 2.71. The molecular formula is C8H9N2S+. The molecule has 0 atom stereocenters. The molecule has 0 fully saturated rings. The van der Waals surface area contributed by atoms with Crippen molar-refractivity contribution < 1.29 is 4.57 Å². The van der Waals surface area contributed by atoms with Crippen LogP contribution in [0.3, 0.4) is 0 Å². The third-order valence-electron chi connectivity index (χ3n) is 1.79. The summed E-state index contributed by atoms with van der Waals surface area (Å²) in [6.07, 6.45) is 2.07. The van der Waals surface area contributed by atoms with Crippen LogP contribution in [0.15, 0.2) is 17.8 Å². The molecule has 0 saturated carbocycles. The Hall–Kier alpha value is -0.960. The van der Waals surface area contributed by atoms with Gasteiger partial charge in [-0.15, -0.1) is 0 Å². The normalized spacial score (nSPS) is 10.7. The van der Waals surface area contributed by atoms with Gasteiger partial charge in [0.2, 0.25) is 0 Å². The van der Waals surface area contributed by atoms with Crippen LogP contribution in [0.2, 0.25) is 0 Å². The highest BCUT2D eigenvalue weighted by molar-refractivity contribution is 7.15. The van der Waals surface area contributed by atoms with Crippen molar-refractivity contribution in [3.05, 3.63) is 23.3 Å². The van der Waals surface area contributed by atoms with Crippen LogP contribution in [0.5, 0.6) is 0 Å². The molecule has 11 heavy (non-hydrogen) atoms. The minimum atomic E-state index is 1.13. The van der Waals surface area contributed by atoms with E-state index in [9.17, 15) is 0 Å². The standard InChI is InChI=1S/C8H9N2S/c1-6-3-4-10(2)8-7(6)9-5-11-8/h3-5H,1-2H3/q+1. The second-order valence-electron chi connectivity index (χ2n) is 2.62. The highest BCUT2D eigenvalue weighted by Crippen LogP contribution is 2.15. The van der Waals surface area contributed by atoms with Crippen molar-refractivity contribution in [2.24, 2.45) is 7.05 Å². The summed E-state index contributed by atoms with van der Waals surface area (Å²) in [5, 5.41) is 0. The highest BCUT2D eigenvalue weighted by Gasteiger charge is 2.08. The summed E-state index contributed by atoms with van der Waals surface area (Å²) in [5.41, 5.74) is 4.26. The molecule has 56 valence electrons. The van der Waals surface area contributed by atoms with Crippen LogP contribution in [-0.4, -0.2) is 4.98 Å². The fourth-order valence-corrected chi connectivity index (χ4v) is 1.94. The fraction of sp³-hybridized carbons (Fsp3) is 0.250. The van der Waals surface area contributed by atoms with E-state index in [1.54, 1.807) is 11.3 Å². The highest BCUT2D eigenvalue weighted by atomic mass is 32.1. The quantitative estimate of drug-likeness (QED) is 0.540. The third kappa shape index (κ3) is 0.922. The van der Waals surface area contributed by atoms with Gasteiger partial charge >= 0.3 is 0 Å². The Bertz CT molecular complexity index is 356. The number of aryl methyl sites for hydroxylation is 2. The molecule has 2 rings (SSSR count). The van der Waals surface area contributed by atoms with Crippen LogP contribution in [-0.2, 0) is 7.05 Å². The van der Waals surface area contributed by atoms with Crippen molar-refractivity contribution >= 4 is 21.7 Å². The summed E-state index contributed by atoms with van der Waals surface area (Å²) < 4.78 is 2.10. The molecule has 2 aromatic heterocycles. The molecule has 0 saturated heterocycles. The van der Waals surface area contributed by atoms with Crippen LogP contribution in [0.1, 0.15) is 5.56 Å². The largest absolute Gasteiger partial charge is 0.289 e. The number of aromatic nitrogens is 2. The van der Waals surface area contributed by atoms with Crippen molar-refractivity contribution in [2.75, 3.05) is 0 Å². The van der Waals surface area contributed by atoms with E-state index in [0.717, 1.165) is 5.52 Å². The van der Waals surface area contributed by atoms with E-state index in [1.165, 1.54) is 10.4 Å². The van der Waals surface area contributed by atoms with Crippen molar-refractivity contribution in [1.29, 1.82) is 0 Å². The molecule has 2 heterocycles. The predicted octanol–water partition coefficient (Wildman–Crippen LogP) is 1.43. The SMILES string of the molecule is Cc1cc[n+](C)c2scnc12. The number of nitrogens with zero attached hydrogens (tertiary/aromatic N) is 2. The smallest absolute Gasteiger partial charge is 0.238 e. The summed E-state index contributed by atoms with van der Waals surface area (Å²) in [4.78, 5) is 5.52. The van der Waals surface area contributed by atoms with Gasteiger partial charge in [0.15, 0.2) is 6.20 Å². The molecule has 0 unspecified atom stereocenters. The number of rotatable bonds is 0. The number of hydrogen-bond donors (Lipinski definition) is 0. The molecule has 0 aliphatic heterocycles. The Morgan fingerprint density at radius 2 is 2.36 bits per heavy atom. The van der Waals surface area contributed by atoms with Crippen molar-refractivity contribution in [1.82, 2.24) is 4.98 Å². The van der Waals surface area contributed by atoms with Crippen LogP contribution < -0.4 is 4.57 Å². The van der Waals surface area contributed by atoms with Crippen LogP contribution in [0, 0.1) is 6.92 Å². The van der Waals surface area contributed by atoms with E-state index in [2.05, 4.69) is 28.7 Å². The molecule has 0 N–H and O–H groups in total. The minimum absolute atomic E-state index is 1.13. The molecular weight excluding hydrogens is 156 g/mol. The number of pyridine rings is 1. The van der Waals surface area contributed by atoms with E-state index >= 15 is 0 Å². The van der Waals surface area contributed by atoms with Gasteiger partial charge in [-0.2, -0.15) is 4.57 Å². The fourth-order valence-electron chi connectivity index (χ4n) is 1.13. The maximum Gasteiger partial charge on any atom is 0.289 e. The van der Waals surface area contributed by atoms with Gasteiger partial charge < -0.3 is 0 Å². The molecule has 2 nitrogen and oxygen atoms in total. The summed E-state index contributed by atoms with van der Waals surface area (Å²) in [6.45, 7) is 2.09. The molecule has 0 aromatic carbocycles. The Balaban J connectivity index is 2.96. The van der Waals surface area contributed by atoms with Gasteiger partial charge in [-0.05, 0) is 12.5 Å². The van der Waals surface area contributed by atoms with Gasteiger partial charge in [0.1, 0.15) is 12.6 Å². The number of thiazole rings is 1. The van der Waals surface area contributed by atoms with Crippen LogP contribution in [0.4, 0.5) is 0 Å². The van der Waals surface area contributed by atoms with Gasteiger partial charge in [-0.1, -0.05) is 11.3 Å². The lowest BCUT2D eigenvalue weighted by molar-refractivity contribution is -0.642. The van der Waals surface area contributed by atoms with Gasteiger partial charge in [0, 0.05) is 6.07 Å². The Morgan fingerprint density at radius 3 is 3.09 bits per heavy atom. The molecule has 0 bridgehead atoms. The van der Waals surface area contributed by atoms with E-state index in [-0.39, 0.29) is 0 Å². The maximum atomic E-state index is 4.28. The molecule has 0 radical (unpaired) electrons. The number of hydrogen-bond acceptors (Lipinski definition) is 2. The topological polar surface area (TPSA) is 16.8 Å². The Kier molecular flexibility index (Phi) is 1.39.